The molecule has 0 radical (unpaired) electrons. The van der Waals surface area contributed by atoms with E-state index in [2.05, 4.69) is 10.7 Å². The number of hydrogen-bond donors (Lipinski definition) is 2. The van der Waals surface area contributed by atoms with E-state index in [1.807, 2.05) is 25.3 Å². The first-order chi connectivity index (χ1) is 4.31. The molecule has 0 rings (SSSR count). The Morgan fingerprint density at radius 1 is 1.67 bits per heavy atom. The zero-order chi connectivity index (χ0) is 7.11. The topological polar surface area (TPSA) is 51.1 Å². The van der Waals surface area contributed by atoms with Crippen LogP contribution in [-0.4, -0.2) is 32.2 Å². The van der Waals surface area contributed by atoms with Gasteiger partial charge in [-0.15, -0.1) is 0 Å². The van der Waals surface area contributed by atoms with Gasteiger partial charge in [0.25, 0.3) is 0 Å². The van der Waals surface area contributed by atoms with Crippen molar-refractivity contribution in [2.24, 2.45) is 0 Å². The molecule has 2 N–H and O–H groups in total. The van der Waals surface area contributed by atoms with Gasteiger partial charge in [-0.1, -0.05) is 0 Å². The number of nitrogens with one attached hydrogen (secondary N) is 2. The fourth-order valence-corrected chi connectivity index (χ4v) is 0.391. The highest BCUT2D eigenvalue weighted by Gasteiger charge is 1.89. The van der Waals surface area contributed by atoms with Gasteiger partial charge in [0.05, 0.1) is 0 Å². The summed E-state index contributed by atoms with van der Waals surface area (Å²) in [6, 6.07) is 0. The molecule has 0 aliphatic carbocycles. The maximum atomic E-state index is 8.05. The third kappa shape index (κ3) is 5.07. The molecule has 0 heterocycles. The van der Waals surface area contributed by atoms with Gasteiger partial charge in [0, 0.05) is 20.1 Å². The summed E-state index contributed by atoms with van der Waals surface area (Å²) in [5, 5.41) is 12.5. The number of hydrogen-bond acceptors (Lipinski definition) is 4. The van der Waals surface area contributed by atoms with Crippen LogP contribution in [0.2, 0.25) is 0 Å². The van der Waals surface area contributed by atoms with Crippen LogP contribution in [0.4, 0.5) is 0 Å². The van der Waals surface area contributed by atoms with Crippen molar-refractivity contribution in [3.05, 3.63) is 0 Å². The van der Waals surface area contributed by atoms with Crippen molar-refractivity contribution in [2.45, 2.75) is 0 Å². The van der Waals surface area contributed by atoms with Crippen molar-refractivity contribution in [2.75, 3.05) is 27.2 Å². The zero-order valence-corrected chi connectivity index (χ0v) is 5.81. The largest absolute Gasteiger partial charge is 0.322 e. The molecule has 0 atom stereocenters. The molecule has 4 nitrogen and oxygen atoms in total. The molecule has 0 bridgehead atoms. The van der Waals surface area contributed by atoms with Gasteiger partial charge in [-0.05, 0) is 7.05 Å². The summed E-state index contributed by atoms with van der Waals surface area (Å²) in [5.41, 5.74) is 2.91. The van der Waals surface area contributed by atoms with Gasteiger partial charge in [0.1, 0.15) is 0 Å². The first kappa shape index (κ1) is 8.21. The van der Waals surface area contributed by atoms with E-state index >= 15 is 0 Å². The predicted molar refractivity (Wildman–Crippen MR) is 35.3 cm³/mol. The summed E-state index contributed by atoms with van der Waals surface area (Å²) in [7, 11) is 3.76. The lowest BCUT2D eigenvalue weighted by Crippen LogP contribution is -2.35. The van der Waals surface area contributed by atoms with Gasteiger partial charge in [-0.25, -0.2) is 5.01 Å². The molecule has 52 valence electrons. The Morgan fingerprint density at radius 2 is 2.33 bits per heavy atom. The Kier molecular flexibility index (Phi) is 4.88. The first-order valence-electron chi connectivity index (χ1n) is 2.81. The average Bonchev–Trinajstić information content (AvgIpc) is 1.89. The second kappa shape index (κ2) is 5.35. The lowest BCUT2D eigenvalue weighted by molar-refractivity contribution is 0.264. The van der Waals surface area contributed by atoms with Crippen LogP contribution in [0.25, 0.3) is 0 Å². The molecular weight excluding hydrogens is 116 g/mol. The van der Waals surface area contributed by atoms with Crippen LogP contribution in [0.1, 0.15) is 0 Å². The summed E-state index contributed by atoms with van der Waals surface area (Å²) in [5.74, 6) is 0. The van der Waals surface area contributed by atoms with E-state index in [1.165, 1.54) is 0 Å². The fourth-order valence-electron chi connectivity index (χ4n) is 0.391. The van der Waals surface area contributed by atoms with Gasteiger partial charge in [-0.3, -0.25) is 5.43 Å². The van der Waals surface area contributed by atoms with Crippen molar-refractivity contribution in [3.8, 4) is 6.19 Å². The molecule has 0 unspecified atom stereocenters. The van der Waals surface area contributed by atoms with Crippen LogP contribution in [0.15, 0.2) is 0 Å². The molecule has 0 saturated heterocycles. The predicted octanol–water partition coefficient (Wildman–Crippen LogP) is -0.877. The molecule has 0 aromatic carbocycles. The van der Waals surface area contributed by atoms with Gasteiger partial charge >= 0.3 is 0 Å². The lowest BCUT2D eigenvalue weighted by Gasteiger charge is -2.12. The minimum absolute atomic E-state index is 0.688. The van der Waals surface area contributed by atoms with Gasteiger partial charge in [0.15, 0.2) is 6.19 Å². The smallest absolute Gasteiger partial charge is 0.176 e. The molecule has 0 saturated carbocycles. The van der Waals surface area contributed by atoms with Crippen molar-refractivity contribution < 1.29 is 0 Å². The maximum absolute atomic E-state index is 8.05. The highest BCUT2D eigenvalue weighted by atomic mass is 15.5. The Hall–Kier alpha value is -0.790. The zero-order valence-electron chi connectivity index (χ0n) is 5.81. The van der Waals surface area contributed by atoms with E-state index in [1.54, 1.807) is 0 Å². The Morgan fingerprint density at radius 3 is 2.78 bits per heavy atom. The van der Waals surface area contributed by atoms with Crippen LogP contribution in [0, 0.1) is 11.5 Å². The Bertz CT molecular complexity index is 95.6. The van der Waals surface area contributed by atoms with E-state index in [0.29, 0.717) is 6.54 Å². The third-order valence-corrected chi connectivity index (χ3v) is 1.03. The van der Waals surface area contributed by atoms with Gasteiger partial charge in [0.2, 0.25) is 0 Å². The molecule has 0 amide bonds. The van der Waals surface area contributed by atoms with Crippen LogP contribution in [-0.2, 0) is 0 Å². The molecule has 4 heteroatoms. The molecule has 0 aliphatic rings. The average molecular weight is 128 g/mol. The van der Waals surface area contributed by atoms with Crippen molar-refractivity contribution in [1.82, 2.24) is 15.8 Å². The summed E-state index contributed by atoms with van der Waals surface area (Å²) in [4.78, 5) is 0. The lowest BCUT2D eigenvalue weighted by atomic mass is 10.6. The molecule has 0 aliphatic heterocycles. The minimum Gasteiger partial charge on any atom is -0.322 e. The monoisotopic (exact) mass is 128 g/mol. The van der Waals surface area contributed by atoms with E-state index in [0.717, 1.165) is 6.54 Å². The molecule has 0 aromatic rings. The summed E-state index contributed by atoms with van der Waals surface area (Å²) in [6.07, 6.45) is 1.84. The molecule has 0 spiro atoms. The number of hydrazine groups is 1. The maximum Gasteiger partial charge on any atom is 0.176 e. The normalized spacial score (nSPS) is 9.11. The molecule has 0 aromatic heterocycles. The van der Waals surface area contributed by atoms with Crippen molar-refractivity contribution >= 4 is 0 Å². The van der Waals surface area contributed by atoms with Crippen LogP contribution in [0.5, 0.6) is 0 Å². The van der Waals surface area contributed by atoms with Gasteiger partial charge in [-0.2, -0.15) is 5.26 Å². The van der Waals surface area contributed by atoms with E-state index in [-0.39, 0.29) is 0 Å². The van der Waals surface area contributed by atoms with Crippen molar-refractivity contribution in [1.29, 1.82) is 5.26 Å². The van der Waals surface area contributed by atoms with Gasteiger partial charge < -0.3 is 5.32 Å². The van der Waals surface area contributed by atoms with Crippen LogP contribution in [0.3, 0.4) is 0 Å². The molecule has 0 fully saturated rings. The van der Waals surface area contributed by atoms with E-state index in [9.17, 15) is 0 Å². The highest BCUT2D eigenvalue weighted by molar-refractivity contribution is 4.64. The Labute approximate surface area is 55.4 Å². The first-order valence-corrected chi connectivity index (χ1v) is 2.81. The second-order valence-electron chi connectivity index (χ2n) is 1.68. The molecular formula is C5H12N4. The summed E-state index contributed by atoms with van der Waals surface area (Å²) in [6.45, 7) is 1.51. The summed E-state index contributed by atoms with van der Waals surface area (Å²) >= 11 is 0. The number of rotatable bonds is 4. The number of nitriles is 1. The SMILES string of the molecule is CNN(C)CCNC#N. The van der Waals surface area contributed by atoms with Crippen LogP contribution >= 0.6 is 0 Å². The van der Waals surface area contributed by atoms with Crippen molar-refractivity contribution in [3.63, 3.8) is 0 Å². The fraction of sp³-hybridized carbons (Fsp3) is 0.800. The number of likely N-dealkylation sites (N-methyl/N-ethyl adjacent to an activating group) is 1. The second-order valence-corrected chi connectivity index (χ2v) is 1.68. The quantitative estimate of drug-likeness (QED) is 0.223. The van der Waals surface area contributed by atoms with E-state index in [4.69, 9.17) is 5.26 Å². The molecule has 9 heavy (non-hydrogen) atoms. The standard InChI is InChI=1S/C5H12N4/c1-7-9(2)4-3-8-5-6/h7-8H,3-4H2,1-2H3. The van der Waals surface area contributed by atoms with Crippen LogP contribution < -0.4 is 10.7 Å². The summed E-state index contributed by atoms with van der Waals surface area (Å²) < 4.78 is 0. The third-order valence-electron chi connectivity index (χ3n) is 1.03. The Balaban J connectivity index is 2.99. The minimum atomic E-state index is 0.688. The van der Waals surface area contributed by atoms with E-state index < -0.39 is 0 Å². The number of nitrogens with zero attached hydrogens (tertiary/aromatic N) is 2. The highest BCUT2D eigenvalue weighted by Crippen LogP contribution is 1.67.